The average Bonchev–Trinajstić information content (AvgIpc) is 3.65. The Bertz CT molecular complexity index is 1590. The van der Waals surface area contributed by atoms with Gasteiger partial charge in [-0.25, -0.2) is 14.2 Å². The summed E-state index contributed by atoms with van der Waals surface area (Å²) in [6.07, 6.45) is -3.12. The highest BCUT2D eigenvalue weighted by Gasteiger charge is 2.38. The summed E-state index contributed by atoms with van der Waals surface area (Å²) in [6.45, 7) is 6.23. The van der Waals surface area contributed by atoms with Crippen LogP contribution in [-0.4, -0.2) is 64.4 Å². The van der Waals surface area contributed by atoms with Gasteiger partial charge in [0.1, 0.15) is 6.17 Å². The van der Waals surface area contributed by atoms with Gasteiger partial charge in [0.15, 0.2) is 6.04 Å². The van der Waals surface area contributed by atoms with E-state index in [1.165, 1.54) is 17.2 Å². The highest BCUT2D eigenvalue weighted by atomic mass is 19.4. The van der Waals surface area contributed by atoms with Crippen LogP contribution in [-0.2, 0) is 33.4 Å². The third-order valence-electron chi connectivity index (χ3n) is 7.75. The second-order valence-corrected chi connectivity index (χ2v) is 10.3. The van der Waals surface area contributed by atoms with Crippen LogP contribution in [0, 0.1) is 6.92 Å². The van der Waals surface area contributed by atoms with Crippen molar-refractivity contribution < 1.29 is 31.8 Å². The summed E-state index contributed by atoms with van der Waals surface area (Å²) >= 11 is 0. The predicted molar refractivity (Wildman–Crippen MR) is 144 cm³/mol. The predicted octanol–water partition coefficient (Wildman–Crippen LogP) is 5.11. The number of carbonyl (C=O) groups is 1. The van der Waals surface area contributed by atoms with Crippen molar-refractivity contribution in [3.05, 3.63) is 65.4 Å². The molecule has 0 bridgehead atoms. The third kappa shape index (κ3) is 4.94. The molecule has 4 aromatic rings. The van der Waals surface area contributed by atoms with Gasteiger partial charge in [-0.15, -0.1) is 0 Å². The van der Waals surface area contributed by atoms with E-state index in [0.717, 1.165) is 24.8 Å². The van der Waals surface area contributed by atoms with Gasteiger partial charge in [-0.05, 0) is 48.7 Å². The minimum Gasteiger partial charge on any atom is -0.464 e. The zero-order chi connectivity index (χ0) is 28.9. The molecule has 2 aromatic carbocycles. The van der Waals surface area contributed by atoms with Crippen LogP contribution in [0.1, 0.15) is 35.5 Å². The number of hydrogen-bond donors (Lipinski definition) is 0. The minimum atomic E-state index is -4.68. The molecule has 12 heteroatoms. The number of rotatable bonds is 6. The van der Waals surface area contributed by atoms with Gasteiger partial charge in [0.05, 0.1) is 49.5 Å². The number of aromatic nitrogens is 4. The fraction of sp³-hybridized carbons (Fsp3) is 0.414. The normalized spacial score (nSPS) is 18.1. The molecule has 41 heavy (non-hydrogen) atoms. The van der Waals surface area contributed by atoms with E-state index in [1.807, 2.05) is 12.1 Å². The second kappa shape index (κ2) is 10.5. The Morgan fingerprint density at radius 2 is 1.93 bits per heavy atom. The van der Waals surface area contributed by atoms with Gasteiger partial charge < -0.3 is 18.9 Å². The van der Waals surface area contributed by atoms with E-state index in [-0.39, 0.29) is 36.2 Å². The Morgan fingerprint density at radius 3 is 2.61 bits per heavy atom. The zero-order valence-electron chi connectivity index (χ0n) is 22.6. The van der Waals surface area contributed by atoms with E-state index in [4.69, 9.17) is 9.47 Å². The van der Waals surface area contributed by atoms with Crippen LogP contribution in [0.5, 0.6) is 0 Å². The van der Waals surface area contributed by atoms with Gasteiger partial charge in [0.2, 0.25) is 0 Å². The van der Waals surface area contributed by atoms with Crippen LogP contribution in [0.3, 0.4) is 0 Å². The SMILES string of the molecule is CCOC(=O)C(c1ncn2c1C[C@@H](F)C2)n1cc2c(C(F)(F)F)cc(-c3ccc(N4CCOCC4)cc3)c(C)c2n1. The third-order valence-corrected chi connectivity index (χ3v) is 7.75. The highest BCUT2D eigenvalue weighted by molar-refractivity contribution is 5.92. The number of halogens is 4. The summed E-state index contributed by atoms with van der Waals surface area (Å²) in [4.78, 5) is 19.7. The fourth-order valence-electron chi connectivity index (χ4n) is 5.75. The van der Waals surface area contributed by atoms with Crippen molar-refractivity contribution in [2.45, 2.75) is 45.2 Å². The maximum Gasteiger partial charge on any atom is 0.417 e. The number of esters is 1. The number of benzene rings is 2. The zero-order valence-corrected chi connectivity index (χ0v) is 22.6. The van der Waals surface area contributed by atoms with Crippen molar-refractivity contribution in [2.75, 3.05) is 37.8 Å². The van der Waals surface area contributed by atoms with E-state index < -0.39 is 29.9 Å². The molecule has 1 unspecified atom stereocenters. The van der Waals surface area contributed by atoms with Crippen LogP contribution in [0.25, 0.3) is 22.0 Å². The van der Waals surface area contributed by atoms with Crippen molar-refractivity contribution in [1.82, 2.24) is 19.3 Å². The lowest BCUT2D eigenvalue weighted by atomic mass is 9.94. The van der Waals surface area contributed by atoms with Crippen molar-refractivity contribution in [2.24, 2.45) is 0 Å². The maximum absolute atomic E-state index is 14.4. The molecule has 216 valence electrons. The lowest BCUT2D eigenvalue weighted by molar-refractivity contribution is -0.146. The summed E-state index contributed by atoms with van der Waals surface area (Å²) in [5.41, 5.74) is 2.48. The van der Waals surface area contributed by atoms with Gasteiger partial charge in [-0.1, -0.05) is 12.1 Å². The summed E-state index contributed by atoms with van der Waals surface area (Å²) in [6, 6.07) is 7.27. The fourth-order valence-corrected chi connectivity index (χ4v) is 5.75. The highest BCUT2D eigenvalue weighted by Crippen LogP contribution is 2.41. The number of aryl methyl sites for hydroxylation is 1. The Morgan fingerprint density at radius 1 is 1.20 bits per heavy atom. The second-order valence-electron chi connectivity index (χ2n) is 10.3. The number of anilines is 1. The number of alkyl halides is 4. The summed E-state index contributed by atoms with van der Waals surface area (Å²) < 4.78 is 70.9. The molecule has 2 aliphatic rings. The van der Waals surface area contributed by atoms with Gasteiger partial charge in [0, 0.05) is 42.5 Å². The first-order chi connectivity index (χ1) is 19.7. The first kappa shape index (κ1) is 27.3. The maximum atomic E-state index is 14.4. The molecule has 2 atom stereocenters. The molecule has 4 heterocycles. The van der Waals surface area contributed by atoms with Crippen LogP contribution < -0.4 is 4.90 Å². The van der Waals surface area contributed by atoms with E-state index in [0.29, 0.717) is 35.6 Å². The van der Waals surface area contributed by atoms with Crippen molar-refractivity contribution >= 4 is 22.6 Å². The number of hydrogen-bond acceptors (Lipinski definition) is 6. The molecule has 2 aliphatic heterocycles. The molecule has 8 nitrogen and oxygen atoms in total. The Kier molecular flexibility index (Phi) is 6.96. The van der Waals surface area contributed by atoms with E-state index >= 15 is 0 Å². The lowest BCUT2D eigenvalue weighted by Crippen LogP contribution is -2.36. The summed E-state index contributed by atoms with van der Waals surface area (Å²) in [7, 11) is 0. The smallest absolute Gasteiger partial charge is 0.417 e. The topological polar surface area (TPSA) is 74.4 Å². The summed E-state index contributed by atoms with van der Waals surface area (Å²) in [5, 5.41) is 4.38. The molecule has 0 N–H and O–H groups in total. The molecule has 0 spiro atoms. The molecule has 0 aliphatic carbocycles. The molecule has 1 fully saturated rings. The summed E-state index contributed by atoms with van der Waals surface area (Å²) in [5.74, 6) is -0.728. The van der Waals surface area contributed by atoms with Crippen LogP contribution in [0.4, 0.5) is 23.2 Å². The van der Waals surface area contributed by atoms with Crippen molar-refractivity contribution in [1.29, 1.82) is 0 Å². The molecular weight excluding hydrogens is 542 g/mol. The minimum absolute atomic E-state index is 0.0451. The van der Waals surface area contributed by atoms with E-state index in [2.05, 4.69) is 15.0 Å². The number of imidazole rings is 1. The van der Waals surface area contributed by atoms with Gasteiger partial charge >= 0.3 is 12.1 Å². The molecule has 2 aromatic heterocycles. The number of carbonyl (C=O) groups excluding carboxylic acids is 1. The Hall–Kier alpha value is -3.93. The Balaban J connectivity index is 1.47. The van der Waals surface area contributed by atoms with E-state index in [1.54, 1.807) is 30.5 Å². The van der Waals surface area contributed by atoms with Crippen LogP contribution in [0.2, 0.25) is 0 Å². The van der Waals surface area contributed by atoms with Gasteiger partial charge in [0.25, 0.3) is 0 Å². The standard InChI is InChI=1S/C29H29F4N5O3/c1-3-41-28(39)27(26-24-12-19(30)14-37(24)16-34-26)38-15-22-23(29(31,32)33)13-21(17(2)25(22)35-38)18-4-6-20(7-5-18)36-8-10-40-11-9-36/h4-7,13,15-16,19,27H,3,8-12,14H2,1-2H3/t19-,27?/m1/s1. The number of nitrogens with zero attached hydrogens (tertiary/aromatic N) is 5. The van der Waals surface area contributed by atoms with Crippen molar-refractivity contribution in [3.8, 4) is 11.1 Å². The average molecular weight is 572 g/mol. The Labute approximate surface area is 233 Å². The van der Waals surface area contributed by atoms with E-state index in [9.17, 15) is 22.4 Å². The molecule has 6 rings (SSSR count). The molecule has 1 saturated heterocycles. The van der Waals surface area contributed by atoms with Crippen molar-refractivity contribution in [3.63, 3.8) is 0 Å². The molecule has 0 radical (unpaired) electrons. The lowest BCUT2D eigenvalue weighted by Gasteiger charge is -2.29. The quantitative estimate of drug-likeness (QED) is 0.237. The number of morpholine rings is 1. The molecule has 0 saturated carbocycles. The van der Waals surface area contributed by atoms with Gasteiger partial charge in [-0.3, -0.25) is 4.68 Å². The van der Waals surface area contributed by atoms with Crippen LogP contribution in [0.15, 0.2) is 42.9 Å². The van der Waals surface area contributed by atoms with Gasteiger partial charge in [-0.2, -0.15) is 18.3 Å². The van der Waals surface area contributed by atoms with Crippen LogP contribution >= 0.6 is 0 Å². The monoisotopic (exact) mass is 571 g/mol. The first-order valence-electron chi connectivity index (χ1n) is 13.5. The number of ether oxygens (including phenoxy) is 2. The molecule has 0 amide bonds. The largest absolute Gasteiger partial charge is 0.464 e. The first-order valence-corrected chi connectivity index (χ1v) is 13.5. The molecular formula is C29H29F4N5O3. The number of fused-ring (bicyclic) bond motifs is 2.